The zero-order chi connectivity index (χ0) is 42.4. The van der Waals surface area contributed by atoms with Crippen LogP contribution in [0.15, 0.2) is 59.5 Å². The summed E-state index contributed by atoms with van der Waals surface area (Å²) in [7, 11) is 3.49. The average Bonchev–Trinajstić information content (AvgIpc) is 3.75. The van der Waals surface area contributed by atoms with E-state index < -0.39 is 17.9 Å². The molecule has 2 atom stereocenters. The molecule has 2 aromatic carbocycles. The Kier molecular flexibility index (Phi) is 11.1. The van der Waals surface area contributed by atoms with Crippen molar-refractivity contribution in [1.29, 1.82) is 0 Å². The van der Waals surface area contributed by atoms with Gasteiger partial charge in [0.1, 0.15) is 17.6 Å². The lowest BCUT2D eigenvalue weighted by Crippen LogP contribution is -2.52. The number of amides is 5. The number of anilines is 2. The number of rotatable bonds is 11. The van der Waals surface area contributed by atoms with Crippen LogP contribution < -0.4 is 26.5 Å². The van der Waals surface area contributed by atoms with Crippen LogP contribution in [0.25, 0.3) is 11.4 Å². The van der Waals surface area contributed by atoms with E-state index in [1.165, 1.54) is 14.8 Å². The molecule has 0 spiro atoms. The lowest BCUT2D eigenvalue weighted by atomic mass is 9.88. The molecule has 17 nitrogen and oxygen atoms in total. The van der Waals surface area contributed by atoms with E-state index in [1.807, 2.05) is 24.1 Å². The molecule has 5 aliphatic heterocycles. The fourth-order valence-corrected chi connectivity index (χ4v) is 9.78. The highest BCUT2D eigenvalue weighted by Crippen LogP contribution is 2.32. The van der Waals surface area contributed by atoms with Gasteiger partial charge in [0.25, 0.3) is 11.8 Å². The number of imide groups is 1. The molecule has 5 saturated heterocycles. The monoisotopic (exact) mass is 830 g/mol. The van der Waals surface area contributed by atoms with E-state index in [9.17, 15) is 24.0 Å². The number of nitrogens with one attached hydrogen (secondary N) is 1. The predicted octanol–water partition coefficient (Wildman–Crippen LogP) is 2.36. The lowest BCUT2D eigenvalue weighted by molar-refractivity contribution is -0.136. The zero-order valence-electron chi connectivity index (χ0n) is 34.9. The molecule has 0 saturated carbocycles. The zero-order valence-corrected chi connectivity index (χ0v) is 34.9. The number of carbonyl (C=O) groups is 4. The van der Waals surface area contributed by atoms with Gasteiger partial charge >= 0.3 is 11.7 Å². The van der Waals surface area contributed by atoms with Crippen LogP contribution in [0.2, 0.25) is 0 Å². The second-order valence-electron chi connectivity index (χ2n) is 17.4. The number of aromatic nitrogens is 5. The molecule has 17 heteroatoms. The summed E-state index contributed by atoms with van der Waals surface area (Å²) in [6.07, 6.45) is 6.63. The first-order chi connectivity index (χ1) is 29.5. The van der Waals surface area contributed by atoms with Gasteiger partial charge < -0.3 is 30.2 Å². The van der Waals surface area contributed by atoms with E-state index in [4.69, 9.17) is 10.7 Å². The van der Waals surface area contributed by atoms with Gasteiger partial charge in [-0.2, -0.15) is 0 Å². The number of nitrogens with zero attached hydrogens (tertiary/aromatic N) is 10. The van der Waals surface area contributed by atoms with Gasteiger partial charge in [-0.05, 0) is 86.5 Å². The number of carbonyl (C=O) groups excluding carboxylic acids is 4. The maximum atomic E-state index is 13.0. The van der Waals surface area contributed by atoms with Crippen molar-refractivity contribution in [1.82, 2.24) is 44.3 Å². The van der Waals surface area contributed by atoms with Crippen LogP contribution in [0.3, 0.4) is 0 Å². The number of likely N-dealkylation sites (N-methyl/N-ethyl adjacent to an activating group) is 1. The molecule has 0 bridgehead atoms. The van der Waals surface area contributed by atoms with Gasteiger partial charge in [0.15, 0.2) is 5.82 Å². The standard InChI is InChI=1S/C44H54N12O5/c1-50-20-21-55(43(50)60)34-4-3-17-53(27-34)37-23-46-39(40(45)58)35(47-37)22-28-5-7-30(8-6-28)31-15-18-52(19-16-31)24-29-25-54(26-29)33-11-9-32(10-12-33)41-49-56(44(61)51(41)2)36-13-14-38(57)48-42(36)59/h5-12,23,29,31,34,36H,3-4,13-22,24-27H2,1-2H3,(H2,45,58)(H,48,57,59)/t34-,36?/m0/s1. The maximum absolute atomic E-state index is 13.0. The summed E-state index contributed by atoms with van der Waals surface area (Å²) in [5.74, 6) is 0.865. The molecular weight excluding hydrogens is 777 g/mol. The molecule has 1 unspecified atom stereocenters. The Balaban J connectivity index is 0.750. The summed E-state index contributed by atoms with van der Waals surface area (Å²) in [6.45, 7) is 8.16. The van der Waals surface area contributed by atoms with Gasteiger partial charge in [-0.3, -0.25) is 24.3 Å². The highest BCUT2D eigenvalue weighted by atomic mass is 16.2. The summed E-state index contributed by atoms with van der Waals surface area (Å²) in [5.41, 5.74) is 10.4. The average molecular weight is 831 g/mol. The van der Waals surface area contributed by atoms with Gasteiger partial charge in [-0.15, -0.1) is 5.10 Å². The van der Waals surface area contributed by atoms with Crippen molar-refractivity contribution in [2.24, 2.45) is 18.7 Å². The summed E-state index contributed by atoms with van der Waals surface area (Å²) in [4.78, 5) is 82.3. The largest absolute Gasteiger partial charge is 0.371 e. The van der Waals surface area contributed by atoms with Gasteiger partial charge in [0.2, 0.25) is 5.91 Å². The number of piperidine rings is 3. The van der Waals surface area contributed by atoms with E-state index in [0.717, 1.165) is 94.9 Å². The second kappa shape index (κ2) is 16.7. The minimum absolute atomic E-state index is 0.0786. The van der Waals surface area contributed by atoms with Crippen molar-refractivity contribution in [2.45, 2.75) is 62.9 Å². The van der Waals surface area contributed by atoms with Crippen LogP contribution in [0, 0.1) is 5.92 Å². The molecule has 0 radical (unpaired) electrons. The van der Waals surface area contributed by atoms with Crippen LogP contribution in [0.4, 0.5) is 16.3 Å². The molecule has 4 aromatic rings. The molecule has 320 valence electrons. The predicted molar refractivity (Wildman–Crippen MR) is 228 cm³/mol. The number of primary amides is 1. The number of urea groups is 1. The van der Waals surface area contributed by atoms with Crippen molar-refractivity contribution in [3.05, 3.63) is 87.7 Å². The minimum atomic E-state index is -0.796. The number of benzene rings is 2. The fraction of sp³-hybridized carbons (Fsp3) is 0.500. The van der Waals surface area contributed by atoms with Crippen molar-refractivity contribution in [3.63, 3.8) is 0 Å². The number of hydrogen-bond donors (Lipinski definition) is 2. The summed E-state index contributed by atoms with van der Waals surface area (Å²) < 4.78 is 2.64. The summed E-state index contributed by atoms with van der Waals surface area (Å²) >= 11 is 0. The van der Waals surface area contributed by atoms with Crippen molar-refractivity contribution in [3.8, 4) is 11.4 Å². The topological polar surface area (TPSA) is 188 Å². The van der Waals surface area contributed by atoms with Crippen LogP contribution in [0.1, 0.15) is 77.8 Å². The van der Waals surface area contributed by atoms with Gasteiger partial charge in [0, 0.05) is 89.9 Å². The number of likely N-dealkylation sites (tertiary alicyclic amines) is 1. The minimum Gasteiger partial charge on any atom is -0.371 e. The lowest BCUT2D eigenvalue weighted by Gasteiger charge is -2.44. The quantitative estimate of drug-likeness (QED) is 0.211. The molecule has 61 heavy (non-hydrogen) atoms. The third-order valence-corrected chi connectivity index (χ3v) is 13.4. The van der Waals surface area contributed by atoms with E-state index in [0.29, 0.717) is 42.1 Å². The molecule has 9 rings (SSSR count). The van der Waals surface area contributed by atoms with Crippen molar-refractivity contribution < 1.29 is 19.2 Å². The highest BCUT2D eigenvalue weighted by molar-refractivity contribution is 5.99. The second-order valence-corrected chi connectivity index (χ2v) is 17.4. The van der Waals surface area contributed by atoms with Gasteiger partial charge in [-0.1, -0.05) is 24.3 Å². The van der Waals surface area contributed by atoms with E-state index in [-0.39, 0.29) is 42.2 Å². The first-order valence-electron chi connectivity index (χ1n) is 21.6. The van der Waals surface area contributed by atoms with Crippen LogP contribution in [0.5, 0.6) is 0 Å². The van der Waals surface area contributed by atoms with Crippen molar-refractivity contribution in [2.75, 3.05) is 75.8 Å². The van der Waals surface area contributed by atoms with E-state index >= 15 is 0 Å². The maximum Gasteiger partial charge on any atom is 0.346 e. The molecule has 2 aromatic heterocycles. The molecular formula is C44H54N12O5. The molecule has 5 fully saturated rings. The third-order valence-electron chi connectivity index (χ3n) is 13.4. The summed E-state index contributed by atoms with van der Waals surface area (Å²) in [6, 6.07) is 16.2. The smallest absolute Gasteiger partial charge is 0.346 e. The molecule has 0 aliphatic carbocycles. The first-order valence-corrected chi connectivity index (χ1v) is 21.6. The third kappa shape index (κ3) is 8.22. The van der Waals surface area contributed by atoms with E-state index in [2.05, 4.69) is 66.5 Å². The molecule has 7 heterocycles. The normalized spacial score (nSPS) is 21.9. The van der Waals surface area contributed by atoms with Gasteiger partial charge in [0.05, 0.1) is 17.9 Å². The van der Waals surface area contributed by atoms with Crippen LogP contribution in [-0.2, 0) is 23.1 Å². The Bertz CT molecular complexity index is 2360. The Morgan fingerprint density at radius 2 is 1.61 bits per heavy atom. The highest BCUT2D eigenvalue weighted by Gasteiger charge is 2.36. The first kappa shape index (κ1) is 40.3. The van der Waals surface area contributed by atoms with Crippen LogP contribution >= 0.6 is 0 Å². The van der Waals surface area contributed by atoms with Crippen LogP contribution in [-0.4, -0.2) is 135 Å². The Labute approximate surface area is 354 Å². The van der Waals surface area contributed by atoms with Gasteiger partial charge in [-0.25, -0.2) is 24.2 Å². The molecule has 3 N–H and O–H groups in total. The molecule has 5 amide bonds. The molecule has 5 aliphatic rings. The fourth-order valence-electron chi connectivity index (χ4n) is 9.78. The Morgan fingerprint density at radius 3 is 2.30 bits per heavy atom. The Hall–Kier alpha value is -6.10. The summed E-state index contributed by atoms with van der Waals surface area (Å²) in [5, 5.41) is 6.80. The SMILES string of the molecule is CN1CCN([C@H]2CCCN(c3cnc(C(N)=O)c(Cc4ccc(C5CCN(CC6CN(c7ccc(-c8nn(C9CCC(=O)NC9=O)c(=O)n8C)cc7)C6)CC5)cc4)n3)C2)C1=O. The van der Waals surface area contributed by atoms with Crippen molar-refractivity contribution >= 4 is 35.3 Å². The van der Waals surface area contributed by atoms with E-state index in [1.54, 1.807) is 18.1 Å². The Morgan fingerprint density at radius 1 is 0.852 bits per heavy atom. The number of hydrogen-bond acceptors (Lipinski definition) is 11. The number of nitrogens with two attached hydrogens (primary N) is 1.